The van der Waals surface area contributed by atoms with Crippen LogP contribution in [0.4, 0.5) is 21.6 Å². The average Bonchev–Trinajstić information content (AvgIpc) is 3.05. The Balaban J connectivity index is 1.27. The van der Waals surface area contributed by atoms with Crippen LogP contribution in [0.5, 0.6) is 5.75 Å². The van der Waals surface area contributed by atoms with Gasteiger partial charge in [-0.3, -0.25) is 19.3 Å². The Morgan fingerprint density at radius 2 is 1.86 bits per heavy atom. The normalized spacial score (nSPS) is 14.9. The third kappa shape index (κ3) is 6.67. The highest BCUT2D eigenvalue weighted by Gasteiger charge is 2.33. The molecule has 49 heavy (non-hydrogen) atoms. The molecule has 0 atom stereocenters. The van der Waals surface area contributed by atoms with Crippen molar-refractivity contribution < 1.29 is 18.7 Å². The molecule has 0 bridgehead atoms. The quantitative estimate of drug-likeness (QED) is 0.221. The van der Waals surface area contributed by atoms with Gasteiger partial charge in [-0.2, -0.15) is 10.4 Å². The summed E-state index contributed by atoms with van der Waals surface area (Å²) in [6.07, 6.45) is 3.76. The molecule has 4 aromatic rings. The zero-order valence-electron chi connectivity index (χ0n) is 28.2. The molecule has 11 nitrogen and oxygen atoms in total. The van der Waals surface area contributed by atoms with E-state index in [1.807, 2.05) is 13.8 Å². The molecule has 0 saturated carbocycles. The first-order valence-corrected chi connectivity index (χ1v) is 16.2. The first-order valence-electron chi connectivity index (χ1n) is 16.2. The van der Waals surface area contributed by atoms with E-state index < -0.39 is 28.3 Å². The van der Waals surface area contributed by atoms with Gasteiger partial charge in [0.05, 0.1) is 34.6 Å². The van der Waals surface area contributed by atoms with E-state index in [1.165, 1.54) is 30.5 Å². The van der Waals surface area contributed by atoms with Crippen molar-refractivity contribution in [3.05, 3.63) is 93.2 Å². The summed E-state index contributed by atoms with van der Waals surface area (Å²) < 4.78 is 22.8. The summed E-state index contributed by atoms with van der Waals surface area (Å²) in [5.41, 5.74) is 0.522. The Labute approximate surface area is 283 Å². The Morgan fingerprint density at radius 1 is 1.08 bits per heavy atom. The number of halogens is 1. The zero-order valence-corrected chi connectivity index (χ0v) is 28.2. The number of aromatic nitrogens is 3. The number of carbonyl (C=O) groups excluding carboxylic acids is 2. The minimum absolute atomic E-state index is 0.0821. The van der Waals surface area contributed by atoms with Crippen LogP contribution >= 0.6 is 0 Å². The number of hydrogen-bond donors (Lipinski definition) is 1. The van der Waals surface area contributed by atoms with E-state index in [0.717, 1.165) is 24.3 Å². The number of benzene rings is 2. The van der Waals surface area contributed by atoms with E-state index in [9.17, 15) is 19.6 Å². The smallest absolute Gasteiger partial charge is 0.290 e. The maximum Gasteiger partial charge on any atom is 0.290 e. The van der Waals surface area contributed by atoms with Gasteiger partial charge in [0.1, 0.15) is 28.7 Å². The molecule has 1 N–H and O–H groups in total. The summed E-state index contributed by atoms with van der Waals surface area (Å²) in [6, 6.07) is 15.1. The largest absolute Gasteiger partial charge is 0.485 e. The molecule has 6 rings (SSSR count). The number of pyridine rings is 1. The topological polar surface area (TPSA) is 133 Å². The summed E-state index contributed by atoms with van der Waals surface area (Å²) >= 11 is 0. The molecular weight excluding hydrogens is 625 g/mol. The number of nitrogens with zero attached hydrogens (tertiary/aromatic N) is 6. The molecule has 2 aromatic heterocycles. The predicted molar refractivity (Wildman–Crippen MR) is 184 cm³/mol. The van der Waals surface area contributed by atoms with E-state index in [2.05, 4.69) is 26.4 Å². The maximum absolute atomic E-state index is 15.4. The van der Waals surface area contributed by atoms with E-state index in [-0.39, 0.29) is 23.4 Å². The molecule has 0 spiro atoms. The predicted octanol–water partition coefficient (Wildman–Crippen LogP) is 5.40. The second-order valence-electron chi connectivity index (χ2n) is 13.7. The number of carbonyl (C=O) groups is 2. The van der Waals surface area contributed by atoms with Crippen LogP contribution in [-0.2, 0) is 18.9 Å². The van der Waals surface area contributed by atoms with Crippen LogP contribution in [-0.4, -0.2) is 63.6 Å². The Hall–Kier alpha value is -5.41. The number of aryl methyl sites for hydroxylation is 1. The fourth-order valence-corrected chi connectivity index (χ4v) is 6.27. The second-order valence-corrected chi connectivity index (χ2v) is 13.7. The second kappa shape index (κ2) is 12.9. The SMILES string of the molecule is Cn1nc(-c2cccc(N3CCc4cc(C(C)(C)C#N)cc(F)c4C3=O)c2C=O)cc(Nc2ccc(OC(C)(C)CN3CCC3)cn2)c1=O. The molecule has 252 valence electrons. The number of fused-ring (bicyclic) bond motifs is 1. The van der Waals surface area contributed by atoms with Crippen LogP contribution in [0.1, 0.15) is 66.0 Å². The van der Waals surface area contributed by atoms with Crippen molar-refractivity contribution in [2.24, 2.45) is 7.05 Å². The minimum atomic E-state index is -0.927. The zero-order chi connectivity index (χ0) is 35.1. The number of aldehydes is 1. The van der Waals surface area contributed by atoms with Crippen molar-refractivity contribution in [1.82, 2.24) is 19.7 Å². The number of nitrogens with one attached hydrogen (secondary N) is 1. The Morgan fingerprint density at radius 3 is 2.51 bits per heavy atom. The average molecular weight is 664 g/mol. The molecule has 2 aliphatic rings. The van der Waals surface area contributed by atoms with Crippen molar-refractivity contribution in [1.29, 1.82) is 5.26 Å². The highest BCUT2D eigenvalue weighted by molar-refractivity contribution is 6.11. The van der Waals surface area contributed by atoms with Crippen molar-refractivity contribution in [3.63, 3.8) is 0 Å². The lowest BCUT2D eigenvalue weighted by Crippen LogP contribution is -2.48. The van der Waals surface area contributed by atoms with Gasteiger partial charge in [-0.15, -0.1) is 0 Å². The molecule has 4 heterocycles. The molecule has 1 saturated heterocycles. The van der Waals surface area contributed by atoms with Gasteiger partial charge in [-0.25, -0.2) is 14.1 Å². The summed E-state index contributed by atoms with van der Waals surface area (Å²) in [5, 5.41) is 17.0. The maximum atomic E-state index is 15.4. The molecular formula is C37H38FN7O4. The minimum Gasteiger partial charge on any atom is -0.485 e. The number of likely N-dealkylation sites (tertiary alicyclic amines) is 1. The molecule has 2 aliphatic heterocycles. The van der Waals surface area contributed by atoms with Gasteiger partial charge < -0.3 is 15.0 Å². The number of ether oxygens (including phenoxy) is 1. The van der Waals surface area contributed by atoms with E-state index >= 15 is 4.39 Å². The summed E-state index contributed by atoms with van der Waals surface area (Å²) in [5.74, 6) is -0.285. The standard InChI is InChI=1S/C37H38FN7O4/c1-36(2,21-39)24-16-23-12-15-45(35(48)33(23)28(38)17-24)31-9-6-8-26(27(31)20-46)29-18-30(34(47)43(5)42-29)41-32-11-10-25(19-40-32)49-37(3,4)22-44-13-7-14-44/h6,8-11,16-20H,7,12-15,22H2,1-5H3,(H,40,41). The summed E-state index contributed by atoms with van der Waals surface area (Å²) in [7, 11) is 1.50. The summed E-state index contributed by atoms with van der Waals surface area (Å²) in [4.78, 5) is 47.6. The molecule has 0 aliphatic carbocycles. The van der Waals surface area contributed by atoms with Gasteiger partial charge in [0.15, 0.2) is 6.29 Å². The first kappa shape index (κ1) is 33.5. The van der Waals surface area contributed by atoms with E-state index in [1.54, 1.807) is 56.4 Å². The van der Waals surface area contributed by atoms with E-state index in [0.29, 0.717) is 52.3 Å². The lowest BCUT2D eigenvalue weighted by molar-refractivity contribution is 0.0350. The molecule has 0 radical (unpaired) electrons. The number of rotatable bonds is 10. The summed E-state index contributed by atoms with van der Waals surface area (Å²) in [6.45, 7) is 10.6. The molecule has 12 heteroatoms. The van der Waals surface area contributed by atoms with Crippen molar-refractivity contribution >= 4 is 29.4 Å². The van der Waals surface area contributed by atoms with Crippen LogP contribution in [0.25, 0.3) is 11.3 Å². The van der Waals surface area contributed by atoms with Crippen LogP contribution in [0.15, 0.2) is 59.5 Å². The number of anilines is 3. The third-order valence-electron chi connectivity index (χ3n) is 9.01. The monoisotopic (exact) mass is 663 g/mol. The van der Waals surface area contributed by atoms with Gasteiger partial charge in [0, 0.05) is 31.3 Å². The lowest BCUT2D eigenvalue weighted by atomic mass is 9.83. The third-order valence-corrected chi connectivity index (χ3v) is 9.01. The van der Waals surface area contributed by atoms with Crippen LogP contribution < -0.4 is 20.5 Å². The van der Waals surface area contributed by atoms with E-state index in [4.69, 9.17) is 4.74 Å². The molecule has 0 unspecified atom stereocenters. The highest BCUT2D eigenvalue weighted by atomic mass is 19.1. The molecule has 1 amide bonds. The van der Waals surface area contributed by atoms with Gasteiger partial charge in [0.25, 0.3) is 11.5 Å². The van der Waals surface area contributed by atoms with Crippen LogP contribution in [0, 0.1) is 17.1 Å². The first-order chi connectivity index (χ1) is 23.3. The number of nitriles is 1. The number of amides is 1. The highest BCUT2D eigenvalue weighted by Crippen LogP contribution is 2.35. The van der Waals surface area contributed by atoms with Crippen molar-refractivity contribution in [2.75, 3.05) is 36.4 Å². The van der Waals surface area contributed by atoms with Gasteiger partial charge in [-0.05, 0) is 95.1 Å². The van der Waals surface area contributed by atoms with Gasteiger partial charge >= 0.3 is 0 Å². The Kier molecular flexibility index (Phi) is 8.81. The molecule has 2 aromatic carbocycles. The van der Waals surface area contributed by atoms with Gasteiger partial charge in [-0.1, -0.05) is 18.2 Å². The fraction of sp³-hybridized carbons (Fsp3) is 0.351. The lowest BCUT2D eigenvalue weighted by Gasteiger charge is -2.38. The Bertz CT molecular complexity index is 2050. The van der Waals surface area contributed by atoms with Gasteiger partial charge in [0.2, 0.25) is 0 Å². The van der Waals surface area contributed by atoms with Crippen molar-refractivity contribution in [2.45, 2.75) is 51.6 Å². The van der Waals surface area contributed by atoms with Crippen molar-refractivity contribution in [3.8, 4) is 23.1 Å². The fourth-order valence-electron chi connectivity index (χ4n) is 6.27. The van der Waals surface area contributed by atoms with Crippen LogP contribution in [0.2, 0.25) is 0 Å². The van der Waals surface area contributed by atoms with Crippen LogP contribution in [0.3, 0.4) is 0 Å². The molecule has 1 fully saturated rings. The number of hydrogen-bond acceptors (Lipinski definition) is 9.